The first-order valence-corrected chi connectivity index (χ1v) is 10.3. The van der Waals surface area contributed by atoms with Crippen LogP contribution in [0.5, 0.6) is 5.75 Å². The summed E-state index contributed by atoms with van der Waals surface area (Å²) in [6, 6.07) is 8.56. The van der Waals surface area contributed by atoms with Crippen LogP contribution in [-0.2, 0) is 20.8 Å². The first kappa shape index (κ1) is 20.1. The summed E-state index contributed by atoms with van der Waals surface area (Å²) in [5, 5.41) is 13.2. The number of halogens is 1. The molecule has 1 atom stereocenters. The standard InChI is InChI=1S/C19H20ClN3O5S/c20-16-4-3-15(29-16)19(26)21-17-9-22(11-28-17)8-12-1-2-13(7-14(12)24)23-5-6-27-10-18(23)25/h1-4,7,17,24H,5-6,8-11H2,(H,21,26)/t17-/m0/s1. The van der Waals surface area contributed by atoms with Gasteiger partial charge in [0, 0.05) is 37.0 Å². The van der Waals surface area contributed by atoms with Gasteiger partial charge in [0.15, 0.2) is 0 Å². The Balaban J connectivity index is 1.34. The second-order valence-corrected chi connectivity index (χ2v) is 8.50. The average Bonchev–Trinajstić information content (AvgIpc) is 3.33. The predicted molar refractivity (Wildman–Crippen MR) is 108 cm³/mol. The lowest BCUT2D eigenvalue weighted by molar-refractivity contribution is -0.125. The van der Waals surface area contributed by atoms with Crippen molar-refractivity contribution >= 4 is 40.4 Å². The molecule has 0 bridgehead atoms. The lowest BCUT2D eigenvalue weighted by atomic mass is 10.1. The van der Waals surface area contributed by atoms with Crippen LogP contribution < -0.4 is 10.2 Å². The van der Waals surface area contributed by atoms with Crippen molar-refractivity contribution in [2.45, 2.75) is 12.8 Å². The molecule has 2 fully saturated rings. The van der Waals surface area contributed by atoms with Crippen molar-refractivity contribution in [2.24, 2.45) is 0 Å². The zero-order valence-corrected chi connectivity index (χ0v) is 17.0. The van der Waals surface area contributed by atoms with Crippen molar-refractivity contribution in [3.63, 3.8) is 0 Å². The second kappa shape index (κ2) is 8.68. The number of hydrogen-bond acceptors (Lipinski definition) is 7. The first-order valence-electron chi connectivity index (χ1n) is 9.10. The number of nitrogens with one attached hydrogen (secondary N) is 1. The number of benzene rings is 1. The number of hydrogen-bond donors (Lipinski definition) is 2. The van der Waals surface area contributed by atoms with Gasteiger partial charge in [-0.3, -0.25) is 14.5 Å². The number of ether oxygens (including phenoxy) is 2. The van der Waals surface area contributed by atoms with Gasteiger partial charge in [0.05, 0.1) is 15.8 Å². The summed E-state index contributed by atoms with van der Waals surface area (Å²) in [5.74, 6) is -0.236. The van der Waals surface area contributed by atoms with Crippen LogP contribution in [0.2, 0.25) is 4.34 Å². The Morgan fingerprint density at radius 2 is 2.21 bits per heavy atom. The van der Waals surface area contributed by atoms with Crippen LogP contribution in [0.4, 0.5) is 5.69 Å². The molecule has 1 aromatic carbocycles. The smallest absolute Gasteiger partial charge is 0.263 e. The summed E-state index contributed by atoms with van der Waals surface area (Å²) in [4.78, 5) is 28.3. The Morgan fingerprint density at radius 1 is 1.34 bits per heavy atom. The monoisotopic (exact) mass is 437 g/mol. The lowest BCUT2D eigenvalue weighted by Crippen LogP contribution is -2.41. The van der Waals surface area contributed by atoms with Gasteiger partial charge in [0.1, 0.15) is 25.3 Å². The Hall–Kier alpha value is -2.17. The van der Waals surface area contributed by atoms with E-state index in [1.165, 1.54) is 11.3 Å². The molecule has 154 valence electrons. The first-order chi connectivity index (χ1) is 14.0. The molecule has 2 aromatic rings. The van der Waals surface area contributed by atoms with Crippen molar-refractivity contribution in [2.75, 3.05) is 37.9 Å². The van der Waals surface area contributed by atoms with Gasteiger partial charge in [-0.15, -0.1) is 11.3 Å². The fraction of sp³-hybridized carbons (Fsp3) is 0.368. The molecule has 0 saturated carbocycles. The number of aromatic hydroxyl groups is 1. The number of phenolic OH excluding ortho intramolecular Hbond substituents is 1. The van der Waals surface area contributed by atoms with Crippen LogP contribution in [0.25, 0.3) is 0 Å². The van der Waals surface area contributed by atoms with E-state index in [0.717, 1.165) is 5.56 Å². The fourth-order valence-corrected chi connectivity index (χ4v) is 4.22. The number of thiophene rings is 1. The lowest BCUT2D eigenvalue weighted by Gasteiger charge is -2.27. The molecule has 3 heterocycles. The summed E-state index contributed by atoms with van der Waals surface area (Å²) < 4.78 is 11.3. The maximum atomic E-state index is 12.2. The van der Waals surface area contributed by atoms with Crippen LogP contribution in [0, 0.1) is 0 Å². The van der Waals surface area contributed by atoms with Crippen LogP contribution in [0.15, 0.2) is 30.3 Å². The minimum atomic E-state index is -0.434. The Labute approximate surface area is 176 Å². The fourth-order valence-electron chi connectivity index (χ4n) is 3.27. The normalized spacial score (nSPS) is 20.2. The van der Waals surface area contributed by atoms with Crippen LogP contribution >= 0.6 is 22.9 Å². The van der Waals surface area contributed by atoms with E-state index >= 15 is 0 Å². The van der Waals surface area contributed by atoms with Gasteiger partial charge in [-0.1, -0.05) is 17.7 Å². The molecule has 2 aliphatic rings. The SMILES string of the molecule is O=C(N[C@@H]1CN(Cc2ccc(N3CCOCC3=O)cc2O)CO1)c1ccc(Cl)s1. The van der Waals surface area contributed by atoms with Crippen molar-refractivity contribution in [3.8, 4) is 5.75 Å². The molecule has 2 amide bonds. The van der Waals surface area contributed by atoms with Crippen LogP contribution in [0.3, 0.4) is 0 Å². The minimum absolute atomic E-state index is 0.0540. The maximum absolute atomic E-state index is 12.2. The van der Waals surface area contributed by atoms with Gasteiger partial charge in [-0.05, 0) is 18.2 Å². The van der Waals surface area contributed by atoms with E-state index in [4.69, 9.17) is 21.1 Å². The minimum Gasteiger partial charge on any atom is -0.508 e. The van der Waals surface area contributed by atoms with Gasteiger partial charge >= 0.3 is 0 Å². The zero-order chi connectivity index (χ0) is 20.4. The third kappa shape index (κ3) is 4.71. The number of anilines is 1. The van der Waals surface area contributed by atoms with E-state index < -0.39 is 6.23 Å². The molecule has 4 rings (SSSR count). The highest BCUT2D eigenvalue weighted by atomic mass is 35.5. The maximum Gasteiger partial charge on any atom is 0.263 e. The number of carbonyl (C=O) groups excluding carboxylic acids is 2. The van der Waals surface area contributed by atoms with E-state index in [9.17, 15) is 14.7 Å². The molecular formula is C19H20ClN3O5S. The summed E-state index contributed by atoms with van der Waals surface area (Å²) in [6.45, 7) is 2.28. The van der Waals surface area contributed by atoms with Crippen molar-refractivity contribution in [3.05, 3.63) is 45.1 Å². The molecule has 10 heteroatoms. The highest BCUT2D eigenvalue weighted by molar-refractivity contribution is 7.18. The number of nitrogens with zero attached hydrogens (tertiary/aromatic N) is 2. The number of rotatable bonds is 5. The summed E-state index contributed by atoms with van der Waals surface area (Å²) in [6.07, 6.45) is -0.434. The van der Waals surface area contributed by atoms with Crippen LogP contribution in [-0.4, -0.2) is 61.1 Å². The molecule has 0 radical (unpaired) electrons. The van der Waals surface area contributed by atoms with E-state index in [1.54, 1.807) is 29.2 Å². The Bertz CT molecular complexity index is 921. The zero-order valence-electron chi connectivity index (χ0n) is 15.5. The highest BCUT2D eigenvalue weighted by Crippen LogP contribution is 2.27. The van der Waals surface area contributed by atoms with Gasteiger partial charge in [-0.25, -0.2) is 0 Å². The molecule has 2 saturated heterocycles. The summed E-state index contributed by atoms with van der Waals surface area (Å²) in [5.41, 5.74) is 1.37. The largest absolute Gasteiger partial charge is 0.508 e. The number of carbonyl (C=O) groups is 2. The topological polar surface area (TPSA) is 91.3 Å². The quantitative estimate of drug-likeness (QED) is 0.743. The molecule has 1 aromatic heterocycles. The van der Waals surface area contributed by atoms with E-state index in [2.05, 4.69) is 5.32 Å². The summed E-state index contributed by atoms with van der Waals surface area (Å²) in [7, 11) is 0. The molecule has 29 heavy (non-hydrogen) atoms. The predicted octanol–water partition coefficient (Wildman–Crippen LogP) is 2.02. The third-order valence-corrected chi connectivity index (χ3v) is 5.96. The molecule has 0 unspecified atom stereocenters. The summed E-state index contributed by atoms with van der Waals surface area (Å²) >= 11 is 7.08. The molecule has 8 nitrogen and oxygen atoms in total. The highest BCUT2D eigenvalue weighted by Gasteiger charge is 2.26. The second-order valence-electron chi connectivity index (χ2n) is 6.78. The molecular weight excluding hydrogens is 418 g/mol. The Kier molecular flexibility index (Phi) is 6.02. The van der Waals surface area contributed by atoms with Gasteiger partial charge in [0.2, 0.25) is 0 Å². The number of amides is 2. The van der Waals surface area contributed by atoms with E-state index in [-0.39, 0.29) is 24.2 Å². The average molecular weight is 438 g/mol. The molecule has 0 spiro atoms. The number of morpholine rings is 1. The molecule has 2 aliphatic heterocycles. The van der Waals surface area contributed by atoms with E-state index in [1.807, 2.05) is 11.0 Å². The Morgan fingerprint density at radius 3 is 2.93 bits per heavy atom. The van der Waals surface area contributed by atoms with Crippen LogP contribution in [0.1, 0.15) is 15.2 Å². The van der Waals surface area contributed by atoms with Gasteiger partial charge < -0.3 is 24.8 Å². The third-order valence-electron chi connectivity index (χ3n) is 4.73. The van der Waals surface area contributed by atoms with Crippen molar-refractivity contribution < 1.29 is 24.2 Å². The van der Waals surface area contributed by atoms with Gasteiger partial charge in [-0.2, -0.15) is 0 Å². The number of phenols is 1. The molecule has 2 N–H and O–H groups in total. The van der Waals surface area contributed by atoms with Crippen molar-refractivity contribution in [1.29, 1.82) is 0 Å². The van der Waals surface area contributed by atoms with Gasteiger partial charge in [0.25, 0.3) is 11.8 Å². The molecule has 0 aliphatic carbocycles. The van der Waals surface area contributed by atoms with Crippen molar-refractivity contribution in [1.82, 2.24) is 10.2 Å². The van der Waals surface area contributed by atoms with E-state index in [0.29, 0.717) is 47.9 Å².